The van der Waals surface area contributed by atoms with Gasteiger partial charge in [0.1, 0.15) is 5.75 Å². The second-order valence-electron chi connectivity index (χ2n) is 6.53. The smallest absolute Gasteiger partial charge is 0.253 e. The number of hydrogen-bond donors (Lipinski definition) is 1. The Morgan fingerprint density at radius 2 is 1.79 bits per heavy atom. The van der Waals surface area contributed by atoms with Crippen molar-refractivity contribution in [3.63, 3.8) is 0 Å². The van der Waals surface area contributed by atoms with Gasteiger partial charge in [-0.15, -0.1) is 0 Å². The normalized spacial score (nSPS) is 19.8. The lowest BCUT2D eigenvalue weighted by molar-refractivity contribution is -0.123. The lowest BCUT2D eigenvalue weighted by Crippen LogP contribution is -2.62. The van der Waals surface area contributed by atoms with E-state index in [2.05, 4.69) is 4.90 Å². The fraction of sp³-hybridized carbons (Fsp3) is 0.556. The van der Waals surface area contributed by atoms with Crippen molar-refractivity contribution in [1.29, 1.82) is 0 Å². The SMILES string of the molecule is CCOc1ccc(C(=O)N2CC(N3CCC(C(N)=O)CC3)C2)cc1. The van der Waals surface area contributed by atoms with Crippen molar-refractivity contribution >= 4 is 11.8 Å². The maximum atomic E-state index is 12.5. The summed E-state index contributed by atoms with van der Waals surface area (Å²) in [5.74, 6) is 0.688. The Kier molecular flexibility index (Phi) is 5.04. The first-order chi connectivity index (χ1) is 11.6. The monoisotopic (exact) mass is 331 g/mol. The standard InChI is InChI=1S/C18H25N3O3/c1-2-24-16-5-3-14(4-6-16)18(23)21-11-15(12-21)20-9-7-13(8-10-20)17(19)22/h3-6,13,15H,2,7-12H2,1H3,(H2,19,22). The highest BCUT2D eigenvalue weighted by atomic mass is 16.5. The fourth-order valence-electron chi connectivity index (χ4n) is 3.44. The highest BCUT2D eigenvalue weighted by Gasteiger charge is 2.37. The third kappa shape index (κ3) is 3.53. The van der Waals surface area contributed by atoms with E-state index >= 15 is 0 Å². The number of carbonyl (C=O) groups excluding carboxylic acids is 2. The summed E-state index contributed by atoms with van der Waals surface area (Å²) in [5, 5.41) is 0. The molecule has 0 bridgehead atoms. The summed E-state index contributed by atoms with van der Waals surface area (Å²) in [7, 11) is 0. The van der Waals surface area contributed by atoms with E-state index in [1.54, 1.807) is 0 Å². The summed E-state index contributed by atoms with van der Waals surface area (Å²) in [6, 6.07) is 7.72. The van der Waals surface area contributed by atoms with Crippen molar-refractivity contribution in [1.82, 2.24) is 9.80 Å². The van der Waals surface area contributed by atoms with Crippen LogP contribution in [0.1, 0.15) is 30.1 Å². The molecule has 2 heterocycles. The number of nitrogens with two attached hydrogens (primary N) is 1. The van der Waals surface area contributed by atoms with Gasteiger partial charge in [0.25, 0.3) is 5.91 Å². The van der Waals surface area contributed by atoms with Crippen LogP contribution in [0, 0.1) is 5.92 Å². The summed E-state index contributed by atoms with van der Waals surface area (Å²) < 4.78 is 5.40. The lowest BCUT2D eigenvalue weighted by Gasteiger charge is -2.47. The van der Waals surface area contributed by atoms with Gasteiger partial charge in [0.2, 0.25) is 5.91 Å². The Morgan fingerprint density at radius 3 is 2.33 bits per heavy atom. The molecule has 1 aromatic carbocycles. The van der Waals surface area contributed by atoms with Crippen molar-refractivity contribution < 1.29 is 14.3 Å². The van der Waals surface area contributed by atoms with E-state index in [0.29, 0.717) is 18.2 Å². The maximum absolute atomic E-state index is 12.5. The Morgan fingerprint density at radius 1 is 1.17 bits per heavy atom. The van der Waals surface area contributed by atoms with Crippen molar-refractivity contribution in [2.24, 2.45) is 11.7 Å². The van der Waals surface area contributed by atoms with Gasteiger partial charge in [0, 0.05) is 30.6 Å². The van der Waals surface area contributed by atoms with Gasteiger partial charge in [-0.3, -0.25) is 14.5 Å². The number of hydrogen-bond acceptors (Lipinski definition) is 4. The number of likely N-dealkylation sites (tertiary alicyclic amines) is 2. The van der Waals surface area contributed by atoms with Gasteiger partial charge in [-0.2, -0.15) is 0 Å². The van der Waals surface area contributed by atoms with Gasteiger partial charge in [0.15, 0.2) is 0 Å². The Bertz CT molecular complexity index is 588. The number of amides is 2. The number of piperidine rings is 1. The lowest BCUT2D eigenvalue weighted by atomic mass is 9.93. The molecule has 1 aromatic rings. The number of primary amides is 1. The zero-order valence-corrected chi connectivity index (χ0v) is 14.1. The molecule has 2 aliphatic rings. The number of rotatable bonds is 5. The second kappa shape index (κ2) is 7.21. The van der Waals surface area contributed by atoms with Crippen molar-refractivity contribution in [3.05, 3.63) is 29.8 Å². The second-order valence-corrected chi connectivity index (χ2v) is 6.53. The van der Waals surface area contributed by atoms with Crippen LogP contribution in [-0.4, -0.2) is 60.4 Å². The summed E-state index contributed by atoms with van der Waals surface area (Å²) >= 11 is 0. The molecule has 2 saturated heterocycles. The molecule has 0 saturated carbocycles. The van der Waals surface area contributed by atoms with E-state index in [-0.39, 0.29) is 17.7 Å². The maximum Gasteiger partial charge on any atom is 0.253 e. The molecule has 24 heavy (non-hydrogen) atoms. The molecular formula is C18H25N3O3. The zero-order valence-electron chi connectivity index (χ0n) is 14.1. The van der Waals surface area contributed by atoms with E-state index in [9.17, 15) is 9.59 Å². The molecule has 2 fully saturated rings. The molecular weight excluding hydrogens is 306 g/mol. The molecule has 0 aliphatic carbocycles. The van der Waals surface area contributed by atoms with E-state index in [1.165, 1.54) is 0 Å². The van der Waals surface area contributed by atoms with Crippen LogP contribution in [0.4, 0.5) is 0 Å². The van der Waals surface area contributed by atoms with Crippen LogP contribution in [0.5, 0.6) is 5.75 Å². The molecule has 6 nitrogen and oxygen atoms in total. The fourth-order valence-corrected chi connectivity index (χ4v) is 3.44. The van der Waals surface area contributed by atoms with Crippen molar-refractivity contribution in [3.8, 4) is 5.75 Å². The first-order valence-corrected chi connectivity index (χ1v) is 8.64. The first kappa shape index (κ1) is 16.8. The third-order valence-electron chi connectivity index (χ3n) is 5.01. The highest BCUT2D eigenvalue weighted by molar-refractivity contribution is 5.95. The zero-order chi connectivity index (χ0) is 17.1. The molecule has 0 atom stereocenters. The summed E-state index contributed by atoms with van der Waals surface area (Å²) in [6.07, 6.45) is 1.66. The molecule has 0 radical (unpaired) electrons. The molecule has 130 valence electrons. The third-order valence-corrected chi connectivity index (χ3v) is 5.01. The van der Waals surface area contributed by atoms with Crippen molar-refractivity contribution in [2.45, 2.75) is 25.8 Å². The van der Waals surface area contributed by atoms with E-state index in [1.807, 2.05) is 36.1 Å². The Hall–Kier alpha value is -2.08. The Labute approximate surface area is 142 Å². The highest BCUT2D eigenvalue weighted by Crippen LogP contribution is 2.24. The topological polar surface area (TPSA) is 75.9 Å². The quantitative estimate of drug-likeness (QED) is 0.877. The number of nitrogens with zero attached hydrogens (tertiary/aromatic N) is 2. The van der Waals surface area contributed by atoms with Gasteiger partial charge in [-0.05, 0) is 57.1 Å². The van der Waals surface area contributed by atoms with E-state index in [4.69, 9.17) is 10.5 Å². The van der Waals surface area contributed by atoms with Crippen LogP contribution < -0.4 is 10.5 Å². The van der Waals surface area contributed by atoms with E-state index in [0.717, 1.165) is 44.8 Å². The van der Waals surface area contributed by atoms with Gasteiger partial charge in [-0.25, -0.2) is 0 Å². The number of carbonyl (C=O) groups is 2. The van der Waals surface area contributed by atoms with Crippen LogP contribution in [-0.2, 0) is 4.79 Å². The Balaban J connectivity index is 1.48. The minimum absolute atomic E-state index is 0.0166. The van der Waals surface area contributed by atoms with Crippen LogP contribution in [0.25, 0.3) is 0 Å². The summed E-state index contributed by atoms with van der Waals surface area (Å²) in [5.41, 5.74) is 6.07. The predicted octanol–water partition coefficient (Wildman–Crippen LogP) is 1.11. The van der Waals surface area contributed by atoms with Gasteiger partial charge >= 0.3 is 0 Å². The average molecular weight is 331 g/mol. The minimum Gasteiger partial charge on any atom is -0.494 e. The number of benzene rings is 1. The number of ether oxygens (including phenoxy) is 1. The molecule has 2 aliphatic heterocycles. The average Bonchev–Trinajstić information content (AvgIpc) is 2.55. The largest absolute Gasteiger partial charge is 0.494 e. The van der Waals surface area contributed by atoms with Gasteiger partial charge in [0.05, 0.1) is 6.61 Å². The molecule has 6 heteroatoms. The minimum atomic E-state index is -0.185. The van der Waals surface area contributed by atoms with Crippen LogP contribution in [0.15, 0.2) is 24.3 Å². The molecule has 0 unspecified atom stereocenters. The predicted molar refractivity (Wildman–Crippen MR) is 90.8 cm³/mol. The molecule has 2 N–H and O–H groups in total. The van der Waals surface area contributed by atoms with Crippen LogP contribution in [0.3, 0.4) is 0 Å². The molecule has 2 amide bonds. The van der Waals surface area contributed by atoms with Gasteiger partial charge in [-0.1, -0.05) is 0 Å². The van der Waals surface area contributed by atoms with E-state index < -0.39 is 0 Å². The van der Waals surface area contributed by atoms with Crippen LogP contribution >= 0.6 is 0 Å². The molecule has 3 rings (SSSR count). The van der Waals surface area contributed by atoms with Crippen molar-refractivity contribution in [2.75, 3.05) is 32.8 Å². The summed E-state index contributed by atoms with van der Waals surface area (Å²) in [4.78, 5) is 27.9. The van der Waals surface area contributed by atoms with Crippen LogP contribution in [0.2, 0.25) is 0 Å². The molecule has 0 spiro atoms. The molecule has 0 aromatic heterocycles. The summed E-state index contributed by atoms with van der Waals surface area (Å²) in [6.45, 7) is 5.85. The van der Waals surface area contributed by atoms with Gasteiger partial charge < -0.3 is 15.4 Å². The first-order valence-electron chi connectivity index (χ1n) is 8.64.